The molecule has 0 spiro atoms. The number of hydrogen-bond donors (Lipinski definition) is 2. The number of rotatable bonds is 10. The number of allylic oxidation sites excluding steroid dienone is 2. The first-order chi connectivity index (χ1) is 10.9. The number of H-pyrrole nitrogens is 1. The fraction of sp³-hybridized carbons (Fsp3) is 0.538. The van der Waals surface area contributed by atoms with Gasteiger partial charge in [-0.25, -0.2) is 4.79 Å². The van der Waals surface area contributed by atoms with Gasteiger partial charge in [-0.15, -0.1) is 0 Å². The van der Waals surface area contributed by atoms with E-state index >= 15 is 0 Å². The van der Waals surface area contributed by atoms with E-state index in [1.54, 1.807) is 6.08 Å². The van der Waals surface area contributed by atoms with Gasteiger partial charge in [0.15, 0.2) is 0 Å². The zero-order valence-electron chi connectivity index (χ0n) is 12.7. The third kappa shape index (κ3) is 7.90. The van der Waals surface area contributed by atoms with Gasteiger partial charge in [-0.05, 0) is 29.3 Å². The number of nitrogens with one attached hydrogen (secondary N) is 1. The molecule has 1 unspecified atom stereocenters. The van der Waals surface area contributed by atoms with Crippen molar-refractivity contribution in [3.63, 3.8) is 0 Å². The van der Waals surface area contributed by atoms with Crippen molar-refractivity contribution in [2.75, 3.05) is 26.0 Å². The lowest BCUT2D eigenvalue weighted by Gasteiger charge is -2.10. The smallest absolute Gasteiger partial charge is 0.331 e. The molecule has 0 radical (unpaired) electrons. The second-order valence-electron chi connectivity index (χ2n) is 4.56. The molecule has 1 rings (SSSR count). The molecule has 0 saturated heterocycles. The highest BCUT2D eigenvalue weighted by Gasteiger charge is 2.16. The average molecular weight is 411 g/mol. The topological polar surface area (TPSA) is 111 Å². The highest BCUT2D eigenvalue weighted by Crippen LogP contribution is 2.41. The Morgan fingerprint density at radius 2 is 2.13 bits per heavy atom. The fourth-order valence-corrected chi connectivity index (χ4v) is 2.86. The number of halogens is 1. The predicted molar refractivity (Wildman–Crippen MR) is 89.9 cm³/mol. The number of aromatic nitrogens is 2. The average Bonchev–Trinajstić information content (AvgIpc) is 2.48. The molecule has 1 aromatic heterocycles. The van der Waals surface area contributed by atoms with Gasteiger partial charge >= 0.3 is 13.3 Å². The molecular weight excluding hydrogens is 391 g/mol. The predicted octanol–water partition coefficient (Wildman–Crippen LogP) is 1.48. The minimum atomic E-state index is -3.69. The van der Waals surface area contributed by atoms with Gasteiger partial charge in [-0.3, -0.25) is 18.9 Å². The minimum Gasteiger partial charge on any atom is -0.382 e. The standard InChI is InChI=1S/C13H20BrN2O6P/c1-2-21-7-5-8-22-23(19,20)9-4-3-6-16-10-11(14)12(17)15-13(16)18/h3-4,10H,2,5-9H2,1H3,(H,19,20)(H,15,17,18). The zero-order valence-corrected chi connectivity index (χ0v) is 15.2. The first-order valence-electron chi connectivity index (χ1n) is 7.04. The van der Waals surface area contributed by atoms with Crippen LogP contribution in [0.25, 0.3) is 0 Å². The molecule has 1 heterocycles. The Morgan fingerprint density at radius 1 is 1.39 bits per heavy atom. The van der Waals surface area contributed by atoms with Gasteiger partial charge in [-0.1, -0.05) is 12.2 Å². The van der Waals surface area contributed by atoms with Crippen LogP contribution in [-0.2, 0) is 20.4 Å². The Bertz CT molecular complexity index is 684. The first kappa shape index (κ1) is 20.1. The maximum absolute atomic E-state index is 11.7. The van der Waals surface area contributed by atoms with E-state index in [0.717, 1.165) is 0 Å². The Morgan fingerprint density at radius 3 is 2.83 bits per heavy atom. The summed E-state index contributed by atoms with van der Waals surface area (Å²) in [5.74, 6) is 0. The molecule has 0 aliphatic heterocycles. The lowest BCUT2D eigenvalue weighted by molar-refractivity contribution is 0.128. The lowest BCUT2D eigenvalue weighted by Crippen LogP contribution is -2.29. The quantitative estimate of drug-likeness (QED) is 0.343. The molecule has 2 N–H and O–H groups in total. The van der Waals surface area contributed by atoms with Crippen molar-refractivity contribution in [1.82, 2.24) is 9.55 Å². The van der Waals surface area contributed by atoms with Gasteiger partial charge in [0.2, 0.25) is 0 Å². The zero-order chi connectivity index (χ0) is 17.3. The second-order valence-corrected chi connectivity index (χ2v) is 7.32. The van der Waals surface area contributed by atoms with Crippen molar-refractivity contribution >= 4 is 23.5 Å². The summed E-state index contributed by atoms with van der Waals surface area (Å²) in [6, 6.07) is 0. The van der Waals surface area contributed by atoms with Crippen LogP contribution in [0.5, 0.6) is 0 Å². The van der Waals surface area contributed by atoms with Crippen LogP contribution in [-0.4, -0.2) is 40.4 Å². The van der Waals surface area contributed by atoms with Gasteiger partial charge < -0.3 is 14.2 Å². The van der Waals surface area contributed by atoms with Crippen molar-refractivity contribution in [2.24, 2.45) is 0 Å². The number of ether oxygens (including phenoxy) is 1. The summed E-state index contributed by atoms with van der Waals surface area (Å²) in [5.41, 5.74) is -1.06. The highest BCUT2D eigenvalue weighted by atomic mass is 79.9. The van der Waals surface area contributed by atoms with Crippen molar-refractivity contribution in [3.05, 3.63) is 43.7 Å². The van der Waals surface area contributed by atoms with Gasteiger partial charge in [0.05, 0.1) is 17.2 Å². The normalized spacial score (nSPS) is 14.2. The van der Waals surface area contributed by atoms with Crippen molar-refractivity contribution in [2.45, 2.75) is 19.9 Å². The van der Waals surface area contributed by atoms with Gasteiger partial charge in [0.25, 0.3) is 5.56 Å². The molecule has 0 amide bonds. The SMILES string of the molecule is CCOCCCOP(=O)(O)CC=CCn1cc(Br)c(=O)[nH]c1=O. The molecule has 0 saturated carbocycles. The maximum atomic E-state index is 11.7. The van der Waals surface area contributed by atoms with E-state index in [9.17, 15) is 19.0 Å². The Balaban J connectivity index is 2.43. The van der Waals surface area contributed by atoms with Crippen LogP contribution in [0.3, 0.4) is 0 Å². The minimum absolute atomic E-state index is 0.147. The summed E-state index contributed by atoms with van der Waals surface area (Å²) in [4.78, 5) is 34.5. The molecule has 0 aliphatic carbocycles. The Hall–Kier alpha value is -0.990. The maximum Gasteiger partial charge on any atom is 0.331 e. The third-order valence-corrected chi connectivity index (χ3v) is 4.53. The van der Waals surface area contributed by atoms with Crippen molar-refractivity contribution < 1.29 is 18.7 Å². The van der Waals surface area contributed by atoms with Crippen LogP contribution in [0.15, 0.2) is 32.4 Å². The monoisotopic (exact) mass is 410 g/mol. The van der Waals surface area contributed by atoms with E-state index in [2.05, 4.69) is 20.9 Å². The van der Waals surface area contributed by atoms with Crippen LogP contribution < -0.4 is 11.2 Å². The van der Waals surface area contributed by atoms with E-state index in [0.29, 0.717) is 19.6 Å². The molecule has 0 bridgehead atoms. The number of nitrogens with zero attached hydrogens (tertiary/aromatic N) is 1. The number of aromatic amines is 1. The summed E-state index contributed by atoms with van der Waals surface area (Å²) >= 11 is 3.02. The summed E-state index contributed by atoms with van der Waals surface area (Å²) in [7, 11) is -3.69. The van der Waals surface area contributed by atoms with Gasteiger partial charge in [0.1, 0.15) is 0 Å². The first-order valence-corrected chi connectivity index (χ1v) is 9.59. The molecule has 130 valence electrons. The third-order valence-electron chi connectivity index (χ3n) is 2.70. The molecule has 8 nitrogen and oxygen atoms in total. The fourth-order valence-electron chi connectivity index (χ4n) is 1.58. The summed E-state index contributed by atoms with van der Waals surface area (Å²) in [6.07, 6.45) is 4.77. The van der Waals surface area contributed by atoms with Gasteiger partial charge in [-0.2, -0.15) is 0 Å². The van der Waals surface area contributed by atoms with Crippen LogP contribution in [0, 0.1) is 0 Å². The molecule has 10 heteroatoms. The van der Waals surface area contributed by atoms with Crippen LogP contribution in [0.4, 0.5) is 0 Å². The van der Waals surface area contributed by atoms with E-state index in [-0.39, 0.29) is 23.8 Å². The molecular formula is C13H20BrN2O6P. The molecule has 23 heavy (non-hydrogen) atoms. The van der Waals surface area contributed by atoms with Crippen molar-refractivity contribution in [3.8, 4) is 0 Å². The van der Waals surface area contributed by atoms with Gasteiger partial charge in [0, 0.05) is 26.0 Å². The molecule has 0 aliphatic rings. The highest BCUT2D eigenvalue weighted by molar-refractivity contribution is 9.10. The molecule has 1 atom stereocenters. The van der Waals surface area contributed by atoms with Crippen molar-refractivity contribution in [1.29, 1.82) is 0 Å². The van der Waals surface area contributed by atoms with Crippen LogP contribution in [0.2, 0.25) is 0 Å². The summed E-state index contributed by atoms with van der Waals surface area (Å²) in [5, 5.41) is 0. The summed E-state index contributed by atoms with van der Waals surface area (Å²) in [6.45, 7) is 3.26. The van der Waals surface area contributed by atoms with Crippen LogP contribution >= 0.6 is 23.5 Å². The molecule has 0 aromatic carbocycles. The molecule has 1 aromatic rings. The van der Waals surface area contributed by atoms with Crippen LogP contribution in [0.1, 0.15) is 13.3 Å². The lowest BCUT2D eigenvalue weighted by atomic mass is 10.5. The summed E-state index contributed by atoms with van der Waals surface area (Å²) < 4.78 is 23.3. The molecule has 0 fully saturated rings. The van der Waals surface area contributed by atoms with E-state index < -0.39 is 18.8 Å². The van der Waals surface area contributed by atoms with E-state index in [1.165, 1.54) is 16.8 Å². The second kappa shape index (κ2) is 10.00. The Labute approximate surface area is 141 Å². The Kier molecular flexibility index (Phi) is 8.72. The van der Waals surface area contributed by atoms with E-state index in [1.807, 2.05) is 6.92 Å². The van der Waals surface area contributed by atoms with E-state index in [4.69, 9.17) is 9.26 Å². The number of hydrogen-bond acceptors (Lipinski definition) is 5. The largest absolute Gasteiger partial charge is 0.382 e.